The van der Waals surface area contributed by atoms with Crippen molar-refractivity contribution in [3.8, 4) is 0 Å². The van der Waals surface area contributed by atoms with E-state index in [1.54, 1.807) is 0 Å². The summed E-state index contributed by atoms with van der Waals surface area (Å²) in [5, 5.41) is 6.10. The Morgan fingerprint density at radius 3 is 2.67 bits per heavy atom. The van der Waals surface area contributed by atoms with Gasteiger partial charge in [-0.05, 0) is 56.7 Å². The molecule has 0 atom stereocenters. The molecule has 0 bridgehead atoms. The van der Waals surface area contributed by atoms with Crippen LogP contribution in [0.15, 0.2) is 18.2 Å². The molecule has 0 saturated carbocycles. The number of rotatable bonds is 5. The van der Waals surface area contributed by atoms with Gasteiger partial charge in [-0.15, -0.1) is 0 Å². The van der Waals surface area contributed by atoms with Crippen molar-refractivity contribution in [1.82, 2.24) is 15.5 Å². The number of halogens is 4. The minimum Gasteiger partial charge on any atom is -0.351 e. The van der Waals surface area contributed by atoms with E-state index in [9.17, 15) is 18.0 Å². The maximum atomic E-state index is 12.7. The molecule has 1 fully saturated rings. The maximum absolute atomic E-state index is 12.7. The van der Waals surface area contributed by atoms with Crippen LogP contribution in [0.25, 0.3) is 0 Å². The van der Waals surface area contributed by atoms with E-state index < -0.39 is 11.7 Å². The minimum atomic E-state index is -4.43. The van der Waals surface area contributed by atoms with E-state index in [0.29, 0.717) is 6.04 Å². The standard InChI is InChI=1S/C16H21ClF3N3O/c1-23(13-4-6-21-7-5-13)10-15(24)22-9-11-8-12(16(18,19)20)2-3-14(11)17/h2-3,8,13,21H,4-7,9-10H2,1H3,(H,22,24). The van der Waals surface area contributed by atoms with Crippen molar-refractivity contribution in [1.29, 1.82) is 0 Å². The van der Waals surface area contributed by atoms with E-state index in [1.165, 1.54) is 6.07 Å². The van der Waals surface area contributed by atoms with Gasteiger partial charge in [-0.1, -0.05) is 11.6 Å². The highest BCUT2D eigenvalue weighted by atomic mass is 35.5. The van der Waals surface area contributed by atoms with Gasteiger partial charge in [-0.2, -0.15) is 13.2 Å². The molecular weight excluding hydrogens is 343 g/mol. The van der Waals surface area contributed by atoms with Crippen molar-refractivity contribution in [2.75, 3.05) is 26.7 Å². The highest BCUT2D eigenvalue weighted by molar-refractivity contribution is 6.31. The summed E-state index contributed by atoms with van der Waals surface area (Å²) in [6.07, 6.45) is -2.48. The Kier molecular flexibility index (Phi) is 6.48. The molecule has 0 radical (unpaired) electrons. The van der Waals surface area contributed by atoms with Crippen molar-refractivity contribution >= 4 is 17.5 Å². The van der Waals surface area contributed by atoms with Crippen molar-refractivity contribution in [2.45, 2.75) is 31.6 Å². The van der Waals surface area contributed by atoms with E-state index in [0.717, 1.165) is 38.1 Å². The Morgan fingerprint density at radius 2 is 2.04 bits per heavy atom. The molecule has 2 N–H and O–H groups in total. The van der Waals surface area contributed by atoms with Crippen LogP contribution in [0.3, 0.4) is 0 Å². The normalized spacial score (nSPS) is 16.4. The molecule has 1 heterocycles. The molecule has 1 aliphatic heterocycles. The van der Waals surface area contributed by atoms with E-state index in [2.05, 4.69) is 10.6 Å². The van der Waals surface area contributed by atoms with Gasteiger partial charge in [0.05, 0.1) is 12.1 Å². The van der Waals surface area contributed by atoms with E-state index in [1.807, 2.05) is 11.9 Å². The average molecular weight is 364 g/mol. The molecule has 2 rings (SSSR count). The van der Waals surface area contributed by atoms with Crippen LogP contribution in [0.1, 0.15) is 24.0 Å². The highest BCUT2D eigenvalue weighted by Gasteiger charge is 2.31. The molecule has 0 unspecified atom stereocenters. The van der Waals surface area contributed by atoms with Gasteiger partial charge in [-0.25, -0.2) is 0 Å². The summed E-state index contributed by atoms with van der Waals surface area (Å²) in [5.41, 5.74) is -0.521. The van der Waals surface area contributed by atoms with Crippen LogP contribution in [-0.2, 0) is 17.5 Å². The van der Waals surface area contributed by atoms with Gasteiger partial charge in [0.2, 0.25) is 5.91 Å². The highest BCUT2D eigenvalue weighted by Crippen LogP contribution is 2.31. The molecule has 4 nitrogen and oxygen atoms in total. The summed E-state index contributed by atoms with van der Waals surface area (Å²) in [4.78, 5) is 14.0. The number of carbonyl (C=O) groups is 1. The van der Waals surface area contributed by atoms with Crippen molar-refractivity contribution in [3.05, 3.63) is 34.3 Å². The lowest BCUT2D eigenvalue weighted by Crippen LogP contribution is -2.45. The lowest BCUT2D eigenvalue weighted by molar-refractivity contribution is -0.137. The number of nitrogens with one attached hydrogen (secondary N) is 2. The van der Waals surface area contributed by atoms with Crippen molar-refractivity contribution < 1.29 is 18.0 Å². The van der Waals surface area contributed by atoms with Crippen molar-refractivity contribution in [2.24, 2.45) is 0 Å². The van der Waals surface area contributed by atoms with E-state index in [4.69, 9.17) is 11.6 Å². The lowest BCUT2D eigenvalue weighted by Gasteiger charge is -2.31. The Hall–Kier alpha value is -1.31. The van der Waals surface area contributed by atoms with Gasteiger partial charge in [0.25, 0.3) is 0 Å². The van der Waals surface area contributed by atoms with E-state index in [-0.39, 0.29) is 29.6 Å². The van der Waals surface area contributed by atoms with Gasteiger partial charge in [0.15, 0.2) is 0 Å². The first-order chi connectivity index (χ1) is 11.3. The molecule has 0 aliphatic carbocycles. The summed E-state index contributed by atoms with van der Waals surface area (Å²) < 4.78 is 38.2. The van der Waals surface area contributed by atoms with Crippen LogP contribution in [-0.4, -0.2) is 43.5 Å². The van der Waals surface area contributed by atoms with Crippen LogP contribution < -0.4 is 10.6 Å². The van der Waals surface area contributed by atoms with Crippen LogP contribution in [0.4, 0.5) is 13.2 Å². The number of amides is 1. The molecule has 24 heavy (non-hydrogen) atoms. The number of nitrogens with zero attached hydrogens (tertiary/aromatic N) is 1. The Labute approximate surface area is 144 Å². The number of alkyl halides is 3. The smallest absolute Gasteiger partial charge is 0.351 e. The molecule has 8 heteroatoms. The summed E-state index contributed by atoms with van der Waals surface area (Å²) >= 11 is 5.92. The molecule has 1 amide bonds. The summed E-state index contributed by atoms with van der Waals surface area (Å²) in [6, 6.07) is 3.44. The predicted molar refractivity (Wildman–Crippen MR) is 86.8 cm³/mol. The minimum absolute atomic E-state index is 0.0261. The zero-order valence-corrected chi connectivity index (χ0v) is 14.2. The van der Waals surface area contributed by atoms with Crippen LogP contribution >= 0.6 is 11.6 Å². The first-order valence-corrected chi connectivity index (χ1v) is 8.18. The number of hydrogen-bond acceptors (Lipinski definition) is 3. The molecule has 1 saturated heterocycles. The number of carbonyl (C=O) groups excluding carboxylic acids is 1. The third-order valence-electron chi connectivity index (χ3n) is 4.17. The Balaban J connectivity index is 1.89. The van der Waals surface area contributed by atoms with Gasteiger partial charge in [0, 0.05) is 17.6 Å². The zero-order valence-electron chi connectivity index (χ0n) is 13.4. The summed E-state index contributed by atoms with van der Waals surface area (Å²) in [7, 11) is 1.88. The fourth-order valence-electron chi connectivity index (χ4n) is 2.74. The largest absolute Gasteiger partial charge is 0.416 e. The van der Waals surface area contributed by atoms with Crippen LogP contribution in [0, 0.1) is 0 Å². The Morgan fingerprint density at radius 1 is 1.38 bits per heavy atom. The lowest BCUT2D eigenvalue weighted by atomic mass is 10.1. The number of piperidine rings is 1. The molecule has 1 aliphatic rings. The molecule has 1 aromatic carbocycles. The van der Waals surface area contributed by atoms with Crippen molar-refractivity contribution in [3.63, 3.8) is 0 Å². The third kappa shape index (κ3) is 5.36. The molecule has 0 spiro atoms. The van der Waals surface area contributed by atoms with Gasteiger partial charge in [0.1, 0.15) is 0 Å². The molecule has 134 valence electrons. The van der Waals surface area contributed by atoms with Gasteiger partial charge in [-0.3, -0.25) is 9.69 Å². The topological polar surface area (TPSA) is 44.4 Å². The second-order valence-electron chi connectivity index (χ2n) is 5.98. The fourth-order valence-corrected chi connectivity index (χ4v) is 2.92. The second-order valence-corrected chi connectivity index (χ2v) is 6.38. The first kappa shape index (κ1) is 19.0. The molecule has 0 aromatic heterocycles. The first-order valence-electron chi connectivity index (χ1n) is 7.80. The Bertz CT molecular complexity index is 574. The number of likely N-dealkylation sites (N-methyl/N-ethyl adjacent to an activating group) is 1. The maximum Gasteiger partial charge on any atom is 0.416 e. The number of benzene rings is 1. The fraction of sp³-hybridized carbons (Fsp3) is 0.562. The zero-order chi connectivity index (χ0) is 17.7. The SMILES string of the molecule is CN(CC(=O)NCc1cc(C(F)(F)F)ccc1Cl)C1CCNCC1. The number of hydrogen-bond donors (Lipinski definition) is 2. The molecular formula is C16H21ClF3N3O. The summed E-state index contributed by atoms with van der Waals surface area (Å²) in [5.74, 6) is -0.232. The third-order valence-corrected chi connectivity index (χ3v) is 4.54. The average Bonchev–Trinajstić information content (AvgIpc) is 2.53. The summed E-state index contributed by atoms with van der Waals surface area (Å²) in [6.45, 7) is 2.04. The quantitative estimate of drug-likeness (QED) is 0.845. The van der Waals surface area contributed by atoms with Crippen LogP contribution in [0.5, 0.6) is 0 Å². The molecule has 1 aromatic rings. The van der Waals surface area contributed by atoms with E-state index >= 15 is 0 Å². The second kappa shape index (κ2) is 8.18. The van der Waals surface area contributed by atoms with Crippen LogP contribution in [0.2, 0.25) is 5.02 Å². The van der Waals surface area contributed by atoms with Gasteiger partial charge < -0.3 is 10.6 Å². The predicted octanol–water partition coefficient (Wildman–Crippen LogP) is 2.66. The monoisotopic (exact) mass is 363 g/mol. The van der Waals surface area contributed by atoms with Gasteiger partial charge >= 0.3 is 6.18 Å².